The smallest absolute Gasteiger partial charge is 0.0440 e. The maximum Gasteiger partial charge on any atom is 0.0440 e. The van der Waals surface area contributed by atoms with Crippen LogP contribution in [-0.4, -0.2) is 4.98 Å². The van der Waals surface area contributed by atoms with Gasteiger partial charge in [-0.15, -0.1) is 0 Å². The highest BCUT2D eigenvalue weighted by atomic mass is 14.7. The van der Waals surface area contributed by atoms with E-state index < -0.39 is 0 Å². The number of fused-ring (bicyclic) bond motifs is 1. The Balaban J connectivity index is 0.000000457. The van der Waals surface area contributed by atoms with Crippen LogP contribution in [0.1, 0.15) is 43.9 Å². The predicted molar refractivity (Wildman–Crippen MR) is 69.8 cm³/mol. The topological polar surface area (TPSA) is 12.9 Å². The standard InChI is InChI=1S/C13H13N.C2H6/c1-9-3-2-4-11-7-13(10-5-6-10)14-8-12(9)11;1-2/h2-4,7-8,10H,5-6H2,1H3;1-2H3. The predicted octanol–water partition coefficient (Wildman–Crippen LogP) is 4.45. The van der Waals surface area contributed by atoms with Crippen LogP contribution in [0.4, 0.5) is 0 Å². The fraction of sp³-hybridized carbons (Fsp3) is 0.400. The van der Waals surface area contributed by atoms with Gasteiger partial charge in [-0.05, 0) is 36.8 Å². The van der Waals surface area contributed by atoms with Crippen molar-refractivity contribution in [3.05, 3.63) is 41.7 Å². The molecule has 1 aliphatic carbocycles. The summed E-state index contributed by atoms with van der Waals surface area (Å²) in [5.74, 6) is 0.750. The van der Waals surface area contributed by atoms with E-state index in [0.717, 1.165) is 5.92 Å². The summed E-state index contributed by atoms with van der Waals surface area (Å²) in [4.78, 5) is 4.53. The van der Waals surface area contributed by atoms with Crippen LogP contribution in [0.25, 0.3) is 10.8 Å². The summed E-state index contributed by atoms with van der Waals surface area (Å²) in [6.07, 6.45) is 4.67. The first-order valence-electron chi connectivity index (χ1n) is 6.20. The van der Waals surface area contributed by atoms with Gasteiger partial charge in [-0.2, -0.15) is 0 Å². The molecular weight excluding hydrogens is 194 g/mol. The molecule has 0 unspecified atom stereocenters. The van der Waals surface area contributed by atoms with Crippen molar-refractivity contribution in [3.63, 3.8) is 0 Å². The minimum absolute atomic E-state index is 0.750. The number of hydrogen-bond donors (Lipinski definition) is 0. The number of pyridine rings is 1. The van der Waals surface area contributed by atoms with E-state index in [4.69, 9.17) is 0 Å². The van der Waals surface area contributed by atoms with Gasteiger partial charge in [0.2, 0.25) is 0 Å². The van der Waals surface area contributed by atoms with E-state index in [-0.39, 0.29) is 0 Å². The van der Waals surface area contributed by atoms with Crippen LogP contribution in [0.2, 0.25) is 0 Å². The van der Waals surface area contributed by atoms with Crippen molar-refractivity contribution < 1.29 is 0 Å². The Labute approximate surface area is 97.5 Å². The summed E-state index contributed by atoms with van der Waals surface area (Å²) in [5, 5.41) is 2.62. The Kier molecular flexibility index (Phi) is 3.23. The molecule has 1 aliphatic rings. The molecule has 0 amide bonds. The van der Waals surface area contributed by atoms with Crippen LogP contribution in [0.3, 0.4) is 0 Å². The van der Waals surface area contributed by atoms with Crippen molar-refractivity contribution in [2.75, 3.05) is 0 Å². The van der Waals surface area contributed by atoms with Crippen LogP contribution in [0, 0.1) is 6.92 Å². The molecule has 16 heavy (non-hydrogen) atoms. The summed E-state index contributed by atoms with van der Waals surface area (Å²) in [7, 11) is 0. The number of hydrogen-bond acceptors (Lipinski definition) is 1. The second kappa shape index (κ2) is 4.65. The number of aryl methyl sites for hydroxylation is 1. The quantitative estimate of drug-likeness (QED) is 0.682. The van der Waals surface area contributed by atoms with Gasteiger partial charge >= 0.3 is 0 Å². The molecule has 1 nitrogen and oxygen atoms in total. The molecule has 3 rings (SSSR count). The van der Waals surface area contributed by atoms with Crippen molar-refractivity contribution in [3.8, 4) is 0 Å². The molecule has 0 N–H and O–H groups in total. The van der Waals surface area contributed by atoms with Crippen LogP contribution in [0.5, 0.6) is 0 Å². The van der Waals surface area contributed by atoms with Crippen molar-refractivity contribution in [1.82, 2.24) is 4.98 Å². The molecule has 0 aliphatic heterocycles. The van der Waals surface area contributed by atoms with Crippen molar-refractivity contribution in [2.24, 2.45) is 0 Å². The van der Waals surface area contributed by atoms with Gasteiger partial charge in [-0.1, -0.05) is 32.0 Å². The van der Waals surface area contributed by atoms with E-state index in [2.05, 4.69) is 36.2 Å². The molecule has 0 saturated heterocycles. The van der Waals surface area contributed by atoms with Crippen LogP contribution in [0.15, 0.2) is 30.5 Å². The number of rotatable bonds is 1. The summed E-state index contributed by atoms with van der Waals surface area (Å²) in [6.45, 7) is 6.14. The first-order chi connectivity index (χ1) is 7.84. The van der Waals surface area contributed by atoms with Gasteiger partial charge in [0.15, 0.2) is 0 Å². The molecule has 2 aromatic rings. The zero-order chi connectivity index (χ0) is 11.5. The highest BCUT2D eigenvalue weighted by molar-refractivity contribution is 5.85. The summed E-state index contributed by atoms with van der Waals surface area (Å²) in [6, 6.07) is 8.69. The second-order valence-corrected chi connectivity index (χ2v) is 4.18. The highest BCUT2D eigenvalue weighted by Crippen LogP contribution is 2.39. The molecule has 1 heterocycles. The number of aromatic nitrogens is 1. The normalized spacial score (nSPS) is 14.4. The second-order valence-electron chi connectivity index (χ2n) is 4.18. The van der Waals surface area contributed by atoms with Gasteiger partial charge in [0.1, 0.15) is 0 Å². The largest absolute Gasteiger partial charge is 0.260 e. The third-order valence-corrected chi connectivity index (χ3v) is 3.00. The molecule has 0 radical (unpaired) electrons. The Bertz CT molecular complexity index is 484. The summed E-state index contributed by atoms with van der Waals surface area (Å²) in [5.41, 5.74) is 2.60. The molecule has 84 valence electrons. The zero-order valence-corrected chi connectivity index (χ0v) is 10.3. The Morgan fingerprint density at radius 3 is 2.62 bits per heavy atom. The van der Waals surface area contributed by atoms with E-state index >= 15 is 0 Å². The van der Waals surface area contributed by atoms with Crippen molar-refractivity contribution in [1.29, 1.82) is 0 Å². The molecule has 1 aromatic carbocycles. The average molecular weight is 213 g/mol. The lowest BCUT2D eigenvalue weighted by atomic mass is 10.1. The minimum Gasteiger partial charge on any atom is -0.260 e. The van der Waals surface area contributed by atoms with E-state index in [9.17, 15) is 0 Å². The zero-order valence-electron chi connectivity index (χ0n) is 10.3. The van der Waals surface area contributed by atoms with Crippen molar-refractivity contribution >= 4 is 10.8 Å². The van der Waals surface area contributed by atoms with E-state index in [1.165, 1.54) is 34.9 Å². The van der Waals surface area contributed by atoms with Crippen molar-refractivity contribution in [2.45, 2.75) is 39.5 Å². The fourth-order valence-corrected chi connectivity index (χ4v) is 1.94. The van der Waals surface area contributed by atoms with Gasteiger partial charge in [0, 0.05) is 23.2 Å². The lowest BCUT2D eigenvalue weighted by Gasteiger charge is -2.03. The molecule has 0 spiro atoms. The molecule has 0 bridgehead atoms. The van der Waals surface area contributed by atoms with E-state index in [0.29, 0.717) is 0 Å². The van der Waals surface area contributed by atoms with Gasteiger partial charge in [0.05, 0.1) is 0 Å². The first-order valence-corrected chi connectivity index (χ1v) is 6.20. The van der Waals surface area contributed by atoms with Crippen LogP contribution >= 0.6 is 0 Å². The van der Waals surface area contributed by atoms with Gasteiger partial charge in [0.25, 0.3) is 0 Å². The summed E-state index contributed by atoms with van der Waals surface area (Å²) < 4.78 is 0. The maximum atomic E-state index is 4.53. The Hall–Kier alpha value is -1.37. The van der Waals surface area contributed by atoms with E-state index in [1.54, 1.807) is 0 Å². The molecule has 1 saturated carbocycles. The SMILES string of the molecule is CC.Cc1cccc2cc(C3CC3)ncc12. The maximum absolute atomic E-state index is 4.53. The lowest BCUT2D eigenvalue weighted by Crippen LogP contribution is -1.87. The van der Waals surface area contributed by atoms with E-state index in [1.807, 2.05) is 20.0 Å². The van der Waals surface area contributed by atoms with Gasteiger partial charge in [-0.25, -0.2) is 0 Å². The highest BCUT2D eigenvalue weighted by Gasteiger charge is 2.24. The average Bonchev–Trinajstić information content (AvgIpc) is 3.16. The molecular formula is C15H19N. The fourth-order valence-electron chi connectivity index (χ4n) is 1.94. The number of nitrogens with zero attached hydrogens (tertiary/aromatic N) is 1. The molecule has 1 aromatic heterocycles. The lowest BCUT2D eigenvalue weighted by molar-refractivity contribution is 1.03. The molecule has 1 fully saturated rings. The van der Waals surface area contributed by atoms with Gasteiger partial charge < -0.3 is 0 Å². The van der Waals surface area contributed by atoms with Crippen LogP contribution < -0.4 is 0 Å². The Morgan fingerprint density at radius 1 is 1.19 bits per heavy atom. The third-order valence-electron chi connectivity index (χ3n) is 3.00. The summed E-state index contributed by atoms with van der Waals surface area (Å²) >= 11 is 0. The third kappa shape index (κ3) is 2.08. The first kappa shape index (κ1) is 11.1. The Morgan fingerprint density at radius 2 is 1.94 bits per heavy atom. The molecule has 0 atom stereocenters. The molecule has 1 heteroatoms. The minimum atomic E-state index is 0.750. The van der Waals surface area contributed by atoms with Crippen LogP contribution in [-0.2, 0) is 0 Å². The monoisotopic (exact) mass is 213 g/mol. The number of benzene rings is 1. The van der Waals surface area contributed by atoms with Gasteiger partial charge in [-0.3, -0.25) is 4.98 Å².